The van der Waals surface area contributed by atoms with E-state index < -0.39 is 10.0 Å². The minimum atomic E-state index is -3.70. The Hall–Kier alpha value is -2.63. The van der Waals surface area contributed by atoms with Crippen molar-refractivity contribution < 1.29 is 13.2 Å². The van der Waals surface area contributed by atoms with Crippen LogP contribution in [-0.4, -0.2) is 63.0 Å². The molecule has 1 amide bonds. The second-order valence-electron chi connectivity index (χ2n) is 9.51. The summed E-state index contributed by atoms with van der Waals surface area (Å²) < 4.78 is 38.2. The quantitative estimate of drug-likeness (QED) is 0.545. The second kappa shape index (κ2) is 8.24. The first-order valence-corrected chi connectivity index (χ1v) is 13.8. The molecule has 5 heterocycles. The van der Waals surface area contributed by atoms with E-state index in [1.807, 2.05) is 15.5 Å². The van der Waals surface area contributed by atoms with Crippen LogP contribution in [0.3, 0.4) is 0 Å². The highest BCUT2D eigenvalue weighted by Gasteiger charge is 2.40. The van der Waals surface area contributed by atoms with Gasteiger partial charge in [-0.15, -0.1) is 0 Å². The van der Waals surface area contributed by atoms with Crippen LogP contribution in [0, 0.1) is 11.8 Å². The highest BCUT2D eigenvalue weighted by Crippen LogP contribution is 2.36. The number of nitrogens with zero attached hydrogens (tertiary/aromatic N) is 5. The lowest BCUT2D eigenvalue weighted by molar-refractivity contribution is -0.139. The Morgan fingerprint density at radius 1 is 1.00 bits per heavy atom. The zero-order chi connectivity index (χ0) is 23.4. The molecule has 3 aliphatic rings. The van der Waals surface area contributed by atoms with E-state index in [9.17, 15) is 18.0 Å². The molecule has 3 aromatic rings. The number of fused-ring (bicyclic) bond motifs is 5. The topological polar surface area (TPSA) is 105 Å². The first kappa shape index (κ1) is 21.9. The molecule has 3 aliphatic heterocycles. The van der Waals surface area contributed by atoms with Gasteiger partial charge in [-0.2, -0.15) is 13.1 Å². The average Bonchev–Trinajstić information content (AvgIpc) is 3.33. The van der Waals surface area contributed by atoms with Gasteiger partial charge in [-0.05, 0) is 43.4 Å². The number of pyridine rings is 1. The number of hydrogen-bond acceptors (Lipinski definition) is 7. The van der Waals surface area contributed by atoms with E-state index in [1.165, 1.54) is 4.31 Å². The highest BCUT2D eigenvalue weighted by atomic mass is 32.2. The molecule has 1 aromatic carbocycles. The first-order chi connectivity index (χ1) is 16.4. The molecule has 11 heteroatoms. The third-order valence-electron chi connectivity index (χ3n) is 7.46. The summed E-state index contributed by atoms with van der Waals surface area (Å²) in [6, 6.07) is 10.4. The van der Waals surface area contributed by atoms with Gasteiger partial charge in [-0.3, -0.25) is 9.59 Å². The van der Waals surface area contributed by atoms with Gasteiger partial charge in [-0.25, -0.2) is 8.42 Å². The fourth-order valence-corrected chi connectivity index (χ4v) is 8.03. The van der Waals surface area contributed by atoms with Gasteiger partial charge in [0.25, 0.3) is 5.56 Å². The van der Waals surface area contributed by atoms with E-state index >= 15 is 0 Å². The molecular formula is C23H25N5O4S2. The van der Waals surface area contributed by atoms with E-state index in [1.54, 1.807) is 30.3 Å². The minimum Gasteiger partial charge on any atom is -0.341 e. The number of carbonyl (C=O) groups excluding carboxylic acids is 1. The number of carbonyl (C=O) groups is 1. The van der Waals surface area contributed by atoms with Gasteiger partial charge in [0.05, 0.1) is 11.7 Å². The SMILES string of the molecule is O=C(C1CCN(S(=O)(=O)c2cccc3nsnc23)CC1)N1C[C@@H]2C[C@H](C1)c1cccc(=O)n1C2. The van der Waals surface area contributed by atoms with E-state index in [2.05, 4.69) is 8.75 Å². The summed E-state index contributed by atoms with van der Waals surface area (Å²) in [5, 5.41) is 0. The molecular weight excluding hydrogens is 474 g/mol. The van der Waals surface area contributed by atoms with Crippen molar-refractivity contribution in [2.24, 2.45) is 11.8 Å². The Balaban J connectivity index is 1.15. The van der Waals surface area contributed by atoms with Crippen molar-refractivity contribution in [1.82, 2.24) is 22.5 Å². The smallest absolute Gasteiger partial charge is 0.250 e. The highest BCUT2D eigenvalue weighted by molar-refractivity contribution is 7.89. The molecule has 9 nitrogen and oxygen atoms in total. The lowest BCUT2D eigenvalue weighted by Crippen LogP contribution is -2.52. The lowest BCUT2D eigenvalue weighted by atomic mass is 9.82. The largest absolute Gasteiger partial charge is 0.341 e. The van der Waals surface area contributed by atoms with Gasteiger partial charge in [0.2, 0.25) is 15.9 Å². The lowest BCUT2D eigenvalue weighted by Gasteiger charge is -2.44. The first-order valence-electron chi connectivity index (χ1n) is 11.6. The standard InChI is InChI=1S/C23H25N5O4S2/c29-21-6-2-4-19-17-11-15(13-28(19)21)12-26(14-17)23(30)16-7-9-27(10-8-16)34(31,32)20-5-1-3-18-22(20)25-33-24-18/h1-6,15-17H,7-14H2/t15-,17+/m0/s1. The number of aromatic nitrogens is 3. The van der Waals surface area contributed by atoms with Crippen LogP contribution in [-0.2, 0) is 21.4 Å². The maximum Gasteiger partial charge on any atom is 0.250 e. The Labute approximate surface area is 201 Å². The van der Waals surface area contributed by atoms with Gasteiger partial charge in [-0.1, -0.05) is 12.1 Å². The van der Waals surface area contributed by atoms with E-state index in [0.29, 0.717) is 56.6 Å². The summed E-state index contributed by atoms with van der Waals surface area (Å²) in [5.74, 6) is 0.394. The molecule has 2 aromatic heterocycles. The van der Waals surface area contributed by atoms with Crippen molar-refractivity contribution in [1.29, 1.82) is 0 Å². The number of piperidine rings is 2. The van der Waals surface area contributed by atoms with Crippen LogP contribution >= 0.6 is 11.7 Å². The van der Waals surface area contributed by atoms with Gasteiger partial charge >= 0.3 is 0 Å². The molecule has 2 saturated heterocycles. The van der Waals surface area contributed by atoms with Crippen LogP contribution in [0.4, 0.5) is 0 Å². The molecule has 0 unspecified atom stereocenters. The van der Waals surface area contributed by atoms with Gasteiger partial charge in [0, 0.05) is 56.3 Å². The molecule has 0 saturated carbocycles. The second-order valence-corrected chi connectivity index (χ2v) is 11.9. The number of likely N-dealkylation sites (tertiary alicyclic amines) is 1. The zero-order valence-corrected chi connectivity index (χ0v) is 20.2. The summed E-state index contributed by atoms with van der Waals surface area (Å²) >= 11 is 1.00. The number of hydrogen-bond donors (Lipinski definition) is 0. The van der Waals surface area contributed by atoms with Crippen LogP contribution in [0.25, 0.3) is 11.0 Å². The van der Waals surface area contributed by atoms with E-state index in [-0.39, 0.29) is 34.1 Å². The maximum atomic E-state index is 13.4. The Morgan fingerprint density at radius 3 is 2.62 bits per heavy atom. The predicted molar refractivity (Wildman–Crippen MR) is 127 cm³/mol. The Bertz CT molecular complexity index is 1420. The van der Waals surface area contributed by atoms with Gasteiger partial charge in [0.15, 0.2) is 0 Å². The molecule has 0 spiro atoms. The molecule has 2 atom stereocenters. The summed E-state index contributed by atoms with van der Waals surface area (Å²) in [4.78, 5) is 27.8. The molecule has 178 valence electrons. The van der Waals surface area contributed by atoms with Crippen molar-refractivity contribution in [2.45, 2.75) is 36.6 Å². The fraction of sp³-hybridized carbons (Fsp3) is 0.478. The molecule has 34 heavy (non-hydrogen) atoms. The molecule has 0 N–H and O–H groups in total. The molecule has 0 radical (unpaired) electrons. The van der Waals surface area contributed by atoms with Crippen molar-refractivity contribution >= 4 is 38.7 Å². The molecule has 6 rings (SSSR count). The number of rotatable bonds is 3. The van der Waals surface area contributed by atoms with Crippen LogP contribution < -0.4 is 5.56 Å². The number of benzene rings is 1. The van der Waals surface area contributed by atoms with E-state index in [0.717, 1.165) is 23.8 Å². The van der Waals surface area contributed by atoms with Crippen LogP contribution in [0.15, 0.2) is 46.1 Å². The van der Waals surface area contributed by atoms with E-state index in [4.69, 9.17) is 0 Å². The number of amides is 1. The summed E-state index contributed by atoms with van der Waals surface area (Å²) in [5.41, 5.74) is 2.04. The summed E-state index contributed by atoms with van der Waals surface area (Å²) in [6.45, 7) is 2.56. The van der Waals surface area contributed by atoms with Crippen molar-refractivity contribution in [2.75, 3.05) is 26.2 Å². The summed E-state index contributed by atoms with van der Waals surface area (Å²) in [7, 11) is -3.70. The monoisotopic (exact) mass is 499 g/mol. The minimum absolute atomic E-state index is 0.0321. The Morgan fingerprint density at radius 2 is 1.79 bits per heavy atom. The summed E-state index contributed by atoms with van der Waals surface area (Å²) in [6.07, 6.45) is 2.01. The maximum absolute atomic E-state index is 13.4. The molecule has 0 aliphatic carbocycles. The third kappa shape index (κ3) is 3.57. The van der Waals surface area contributed by atoms with Crippen LogP contribution in [0.2, 0.25) is 0 Å². The van der Waals surface area contributed by atoms with Gasteiger partial charge in [0.1, 0.15) is 15.9 Å². The third-order valence-corrected chi connectivity index (χ3v) is 9.93. The van der Waals surface area contributed by atoms with Crippen molar-refractivity contribution in [3.05, 3.63) is 52.4 Å². The fourth-order valence-electron chi connectivity index (χ4n) is 5.81. The van der Waals surface area contributed by atoms with Gasteiger partial charge < -0.3 is 9.47 Å². The molecule has 2 bridgehead atoms. The van der Waals surface area contributed by atoms with Crippen LogP contribution in [0.5, 0.6) is 0 Å². The Kier molecular flexibility index (Phi) is 5.30. The van der Waals surface area contributed by atoms with Crippen LogP contribution in [0.1, 0.15) is 30.9 Å². The normalized spacial score (nSPS) is 23.7. The predicted octanol–water partition coefficient (Wildman–Crippen LogP) is 1.90. The van der Waals surface area contributed by atoms with Crippen molar-refractivity contribution in [3.8, 4) is 0 Å². The average molecular weight is 500 g/mol. The number of sulfonamides is 1. The van der Waals surface area contributed by atoms with Crippen molar-refractivity contribution in [3.63, 3.8) is 0 Å². The zero-order valence-electron chi connectivity index (χ0n) is 18.5. The molecule has 2 fully saturated rings.